The average Bonchev–Trinajstić information content (AvgIpc) is 2.28. The molecule has 0 saturated carbocycles. The van der Waals surface area contributed by atoms with E-state index >= 15 is 0 Å². The zero-order valence-electron chi connectivity index (χ0n) is 9.77. The molecular formula is C13H18O3. The number of aliphatic hydroxyl groups is 1. The second kappa shape index (κ2) is 4.95. The maximum absolute atomic E-state index is 10.2. The van der Waals surface area contributed by atoms with Crippen LogP contribution in [-0.4, -0.2) is 31.0 Å². The van der Waals surface area contributed by atoms with E-state index in [2.05, 4.69) is 6.07 Å². The molecule has 3 heteroatoms. The van der Waals surface area contributed by atoms with Gasteiger partial charge in [-0.25, -0.2) is 0 Å². The Labute approximate surface area is 96.0 Å². The Morgan fingerprint density at radius 1 is 1.19 bits per heavy atom. The van der Waals surface area contributed by atoms with E-state index < -0.39 is 6.10 Å². The highest BCUT2D eigenvalue weighted by Gasteiger charge is 2.24. The molecule has 88 valence electrons. The normalized spacial score (nSPS) is 23.1. The SMILES string of the molecule is Cc1cc(C)cc(C(O)C2COCCO2)c1. The molecule has 1 aromatic rings. The lowest BCUT2D eigenvalue weighted by Crippen LogP contribution is -2.33. The van der Waals surface area contributed by atoms with Crippen LogP contribution in [0.2, 0.25) is 0 Å². The molecule has 0 bridgehead atoms. The summed E-state index contributed by atoms with van der Waals surface area (Å²) in [6.45, 7) is 5.71. The number of aryl methyl sites for hydroxylation is 2. The van der Waals surface area contributed by atoms with Crippen molar-refractivity contribution in [3.05, 3.63) is 34.9 Å². The van der Waals surface area contributed by atoms with Gasteiger partial charge in [0.2, 0.25) is 0 Å². The maximum Gasteiger partial charge on any atom is 0.111 e. The molecular weight excluding hydrogens is 204 g/mol. The summed E-state index contributed by atoms with van der Waals surface area (Å²) in [5.74, 6) is 0. The van der Waals surface area contributed by atoms with Gasteiger partial charge in [-0.3, -0.25) is 0 Å². The first-order valence-corrected chi connectivity index (χ1v) is 5.62. The summed E-state index contributed by atoms with van der Waals surface area (Å²) in [7, 11) is 0. The van der Waals surface area contributed by atoms with Crippen LogP contribution in [0.15, 0.2) is 18.2 Å². The molecule has 2 atom stereocenters. The van der Waals surface area contributed by atoms with Gasteiger partial charge in [-0.05, 0) is 19.4 Å². The zero-order chi connectivity index (χ0) is 11.5. The maximum atomic E-state index is 10.2. The Hall–Kier alpha value is -0.900. The van der Waals surface area contributed by atoms with E-state index in [0.717, 1.165) is 16.7 Å². The lowest BCUT2D eigenvalue weighted by atomic mass is 10.00. The van der Waals surface area contributed by atoms with Gasteiger partial charge in [0.05, 0.1) is 19.8 Å². The lowest BCUT2D eigenvalue weighted by molar-refractivity contribution is -0.133. The number of benzene rings is 1. The number of rotatable bonds is 2. The summed E-state index contributed by atoms with van der Waals surface area (Å²) in [4.78, 5) is 0. The summed E-state index contributed by atoms with van der Waals surface area (Å²) < 4.78 is 10.8. The largest absolute Gasteiger partial charge is 0.386 e. The Kier molecular flexibility index (Phi) is 3.59. The zero-order valence-corrected chi connectivity index (χ0v) is 9.77. The van der Waals surface area contributed by atoms with Gasteiger partial charge in [0.1, 0.15) is 12.2 Å². The van der Waals surface area contributed by atoms with Gasteiger partial charge in [-0.2, -0.15) is 0 Å². The van der Waals surface area contributed by atoms with Crippen LogP contribution in [0, 0.1) is 13.8 Å². The van der Waals surface area contributed by atoms with E-state index in [-0.39, 0.29) is 6.10 Å². The first kappa shape index (κ1) is 11.6. The van der Waals surface area contributed by atoms with Gasteiger partial charge in [0, 0.05) is 0 Å². The molecule has 0 amide bonds. The molecule has 1 aromatic carbocycles. The van der Waals surface area contributed by atoms with E-state index in [1.54, 1.807) is 0 Å². The van der Waals surface area contributed by atoms with Gasteiger partial charge >= 0.3 is 0 Å². The van der Waals surface area contributed by atoms with Crippen molar-refractivity contribution in [1.82, 2.24) is 0 Å². The third-order valence-corrected chi connectivity index (χ3v) is 2.78. The highest BCUT2D eigenvalue weighted by Crippen LogP contribution is 2.23. The minimum absolute atomic E-state index is 0.241. The monoisotopic (exact) mass is 222 g/mol. The van der Waals surface area contributed by atoms with Crippen molar-refractivity contribution in [3.8, 4) is 0 Å². The molecule has 0 aromatic heterocycles. The van der Waals surface area contributed by atoms with Gasteiger partial charge in [0.15, 0.2) is 0 Å². The van der Waals surface area contributed by atoms with Gasteiger partial charge in [-0.15, -0.1) is 0 Å². The molecule has 1 saturated heterocycles. The second-order valence-electron chi connectivity index (χ2n) is 4.35. The predicted octanol–water partition coefficient (Wildman–Crippen LogP) is 1.75. The summed E-state index contributed by atoms with van der Waals surface area (Å²) in [6.07, 6.45) is -0.839. The van der Waals surface area contributed by atoms with E-state index in [4.69, 9.17) is 9.47 Å². The van der Waals surface area contributed by atoms with E-state index in [0.29, 0.717) is 19.8 Å². The molecule has 1 fully saturated rings. The number of aliphatic hydroxyl groups excluding tert-OH is 1. The molecule has 1 heterocycles. The lowest BCUT2D eigenvalue weighted by Gasteiger charge is -2.27. The van der Waals surface area contributed by atoms with E-state index in [9.17, 15) is 5.11 Å². The smallest absolute Gasteiger partial charge is 0.111 e. The molecule has 2 rings (SSSR count). The molecule has 0 aliphatic carbocycles. The molecule has 0 spiro atoms. The van der Waals surface area contributed by atoms with Gasteiger partial charge < -0.3 is 14.6 Å². The molecule has 1 aliphatic rings. The number of hydrogen-bond donors (Lipinski definition) is 1. The van der Waals surface area contributed by atoms with Crippen LogP contribution in [-0.2, 0) is 9.47 Å². The Morgan fingerprint density at radius 2 is 1.88 bits per heavy atom. The van der Waals surface area contributed by atoms with Gasteiger partial charge in [0.25, 0.3) is 0 Å². The van der Waals surface area contributed by atoms with Crippen molar-refractivity contribution < 1.29 is 14.6 Å². The Balaban J connectivity index is 2.15. The Morgan fingerprint density at radius 3 is 2.44 bits per heavy atom. The van der Waals surface area contributed by atoms with Crippen LogP contribution in [0.3, 0.4) is 0 Å². The molecule has 2 unspecified atom stereocenters. The molecule has 16 heavy (non-hydrogen) atoms. The van der Waals surface area contributed by atoms with Crippen LogP contribution in [0.25, 0.3) is 0 Å². The van der Waals surface area contributed by atoms with Crippen molar-refractivity contribution in [2.75, 3.05) is 19.8 Å². The standard InChI is InChI=1S/C13H18O3/c1-9-5-10(2)7-11(6-9)13(14)12-8-15-3-4-16-12/h5-7,12-14H,3-4,8H2,1-2H3. The molecule has 0 radical (unpaired) electrons. The summed E-state index contributed by atoms with van der Waals surface area (Å²) in [5, 5.41) is 10.2. The van der Waals surface area contributed by atoms with Crippen LogP contribution in [0.4, 0.5) is 0 Å². The van der Waals surface area contributed by atoms with Crippen molar-refractivity contribution in [2.45, 2.75) is 26.1 Å². The Bertz CT molecular complexity index is 336. The number of ether oxygens (including phenoxy) is 2. The van der Waals surface area contributed by atoms with E-state index in [1.807, 2.05) is 26.0 Å². The molecule has 1 aliphatic heterocycles. The first-order valence-electron chi connectivity index (χ1n) is 5.62. The third-order valence-electron chi connectivity index (χ3n) is 2.78. The average molecular weight is 222 g/mol. The van der Waals surface area contributed by atoms with Crippen molar-refractivity contribution in [2.24, 2.45) is 0 Å². The highest BCUT2D eigenvalue weighted by molar-refractivity contribution is 5.30. The number of hydrogen-bond acceptors (Lipinski definition) is 3. The minimum Gasteiger partial charge on any atom is -0.386 e. The molecule has 1 N–H and O–H groups in total. The van der Waals surface area contributed by atoms with E-state index in [1.165, 1.54) is 0 Å². The van der Waals surface area contributed by atoms with Gasteiger partial charge in [-0.1, -0.05) is 29.3 Å². The first-order chi connectivity index (χ1) is 7.66. The quantitative estimate of drug-likeness (QED) is 0.828. The fourth-order valence-corrected chi connectivity index (χ4v) is 2.08. The summed E-state index contributed by atoms with van der Waals surface area (Å²) in [6, 6.07) is 6.08. The van der Waals surface area contributed by atoms with Crippen molar-refractivity contribution in [1.29, 1.82) is 0 Å². The summed E-state index contributed by atoms with van der Waals surface area (Å²) >= 11 is 0. The minimum atomic E-state index is -0.598. The summed E-state index contributed by atoms with van der Waals surface area (Å²) in [5.41, 5.74) is 3.23. The fourth-order valence-electron chi connectivity index (χ4n) is 2.08. The van der Waals surface area contributed by atoms with Crippen LogP contribution < -0.4 is 0 Å². The van der Waals surface area contributed by atoms with Crippen molar-refractivity contribution in [3.63, 3.8) is 0 Å². The topological polar surface area (TPSA) is 38.7 Å². The van der Waals surface area contributed by atoms with Crippen LogP contribution >= 0.6 is 0 Å². The van der Waals surface area contributed by atoms with Crippen molar-refractivity contribution >= 4 is 0 Å². The highest BCUT2D eigenvalue weighted by atomic mass is 16.6. The van der Waals surface area contributed by atoms with Crippen LogP contribution in [0.1, 0.15) is 22.8 Å². The molecule has 3 nitrogen and oxygen atoms in total. The van der Waals surface area contributed by atoms with Crippen LogP contribution in [0.5, 0.6) is 0 Å². The third kappa shape index (κ3) is 2.61. The fraction of sp³-hybridized carbons (Fsp3) is 0.538. The second-order valence-corrected chi connectivity index (χ2v) is 4.35. The predicted molar refractivity (Wildman–Crippen MR) is 61.4 cm³/mol.